The minimum atomic E-state index is 0.120. The molecule has 2 N–H and O–H groups in total. The van der Waals surface area contributed by atoms with E-state index >= 15 is 0 Å². The predicted molar refractivity (Wildman–Crippen MR) is 91.9 cm³/mol. The van der Waals surface area contributed by atoms with Gasteiger partial charge in [-0.15, -0.1) is 0 Å². The molecule has 21 heavy (non-hydrogen) atoms. The molecule has 0 aliphatic rings. The van der Waals surface area contributed by atoms with Crippen LogP contribution < -0.4 is 15.4 Å². The number of aryl methyl sites for hydroxylation is 1. The van der Waals surface area contributed by atoms with Crippen molar-refractivity contribution in [2.45, 2.75) is 19.9 Å². The number of hydrogen-bond acceptors (Lipinski definition) is 2. The van der Waals surface area contributed by atoms with Crippen molar-refractivity contribution >= 4 is 23.0 Å². The summed E-state index contributed by atoms with van der Waals surface area (Å²) < 4.78 is 5.69. The molecule has 110 valence electrons. The summed E-state index contributed by atoms with van der Waals surface area (Å²) in [6.45, 7) is 4.64. The van der Waals surface area contributed by atoms with E-state index in [0.717, 1.165) is 11.4 Å². The molecule has 0 spiro atoms. The summed E-state index contributed by atoms with van der Waals surface area (Å²) in [5.74, 6) is 0.865. The maximum atomic E-state index is 5.69. The molecule has 0 saturated carbocycles. The summed E-state index contributed by atoms with van der Waals surface area (Å²) in [6.07, 6.45) is 0. The Morgan fingerprint density at radius 1 is 1.14 bits per heavy atom. The first-order chi connectivity index (χ1) is 10.1. The molecule has 0 saturated heterocycles. The third-order valence-corrected chi connectivity index (χ3v) is 3.12. The van der Waals surface area contributed by atoms with E-state index < -0.39 is 0 Å². The molecule has 0 aromatic heterocycles. The summed E-state index contributed by atoms with van der Waals surface area (Å²) in [5.41, 5.74) is 2.19. The first-order valence-corrected chi connectivity index (χ1v) is 7.36. The minimum absolute atomic E-state index is 0.120. The van der Waals surface area contributed by atoms with Gasteiger partial charge in [-0.05, 0) is 55.9 Å². The summed E-state index contributed by atoms with van der Waals surface area (Å²) in [5, 5.41) is 6.99. The Labute approximate surface area is 131 Å². The number of hydrogen-bond donors (Lipinski definition) is 2. The van der Waals surface area contributed by atoms with Crippen LogP contribution in [0.5, 0.6) is 5.75 Å². The van der Waals surface area contributed by atoms with Crippen molar-refractivity contribution in [1.82, 2.24) is 5.32 Å². The molecule has 2 rings (SSSR count). The lowest BCUT2D eigenvalue weighted by molar-refractivity contribution is 0.287. The van der Waals surface area contributed by atoms with Crippen molar-refractivity contribution in [2.75, 3.05) is 11.9 Å². The molecule has 0 bridgehead atoms. The highest BCUT2D eigenvalue weighted by Gasteiger charge is 2.05. The van der Waals surface area contributed by atoms with Crippen LogP contribution in [0.2, 0.25) is 0 Å². The second-order valence-corrected chi connectivity index (χ2v) is 5.40. The van der Waals surface area contributed by atoms with Crippen LogP contribution in [0.3, 0.4) is 0 Å². The quantitative estimate of drug-likeness (QED) is 0.824. The average molecular weight is 300 g/mol. The fraction of sp³-hybridized carbons (Fsp3) is 0.235. The van der Waals surface area contributed by atoms with Gasteiger partial charge in [0.05, 0.1) is 6.04 Å². The van der Waals surface area contributed by atoms with Gasteiger partial charge in [0.25, 0.3) is 0 Å². The number of ether oxygens (including phenoxy) is 1. The second kappa shape index (κ2) is 7.64. The lowest BCUT2D eigenvalue weighted by Gasteiger charge is -2.17. The predicted octanol–water partition coefficient (Wildman–Crippen LogP) is 3.75. The summed E-state index contributed by atoms with van der Waals surface area (Å²) in [6, 6.07) is 18.0. The van der Waals surface area contributed by atoms with Gasteiger partial charge in [0.1, 0.15) is 12.4 Å². The Morgan fingerprint density at radius 2 is 1.90 bits per heavy atom. The van der Waals surface area contributed by atoms with Gasteiger partial charge < -0.3 is 15.4 Å². The van der Waals surface area contributed by atoms with Crippen LogP contribution >= 0.6 is 12.2 Å². The van der Waals surface area contributed by atoms with Crippen molar-refractivity contribution < 1.29 is 4.74 Å². The highest BCUT2D eigenvalue weighted by atomic mass is 32.1. The molecular weight excluding hydrogens is 280 g/mol. The monoisotopic (exact) mass is 300 g/mol. The molecule has 2 aromatic rings. The van der Waals surface area contributed by atoms with Crippen LogP contribution in [-0.4, -0.2) is 17.8 Å². The maximum Gasteiger partial charge on any atom is 0.171 e. The van der Waals surface area contributed by atoms with Gasteiger partial charge in [0, 0.05) is 5.69 Å². The molecular formula is C17H20N2OS. The molecule has 4 heteroatoms. The van der Waals surface area contributed by atoms with E-state index in [0.29, 0.717) is 11.7 Å². The molecule has 2 aromatic carbocycles. The Morgan fingerprint density at radius 3 is 2.62 bits per heavy atom. The zero-order valence-electron chi connectivity index (χ0n) is 12.3. The molecule has 3 nitrogen and oxygen atoms in total. The Kier molecular flexibility index (Phi) is 5.58. The fourth-order valence-corrected chi connectivity index (χ4v) is 2.21. The summed E-state index contributed by atoms with van der Waals surface area (Å²) in [4.78, 5) is 0. The van der Waals surface area contributed by atoms with Gasteiger partial charge in [0.2, 0.25) is 0 Å². The molecule has 0 aliphatic heterocycles. The molecule has 0 radical (unpaired) electrons. The van der Waals surface area contributed by atoms with E-state index in [-0.39, 0.29) is 6.04 Å². The van der Waals surface area contributed by atoms with Crippen molar-refractivity contribution in [3.8, 4) is 5.75 Å². The molecule has 0 fully saturated rings. The van der Waals surface area contributed by atoms with Gasteiger partial charge in [-0.2, -0.15) is 0 Å². The summed E-state index contributed by atoms with van der Waals surface area (Å²) in [7, 11) is 0. The Bertz CT molecular complexity index is 586. The number of rotatable bonds is 5. The van der Waals surface area contributed by atoms with E-state index in [2.05, 4.69) is 29.7 Å². The van der Waals surface area contributed by atoms with E-state index in [9.17, 15) is 0 Å². The number of benzene rings is 2. The lowest BCUT2D eigenvalue weighted by Crippen LogP contribution is -2.39. The van der Waals surface area contributed by atoms with Crippen LogP contribution in [0.4, 0.5) is 5.69 Å². The molecule has 0 heterocycles. The number of thiocarbonyl (C=S) groups is 1. The topological polar surface area (TPSA) is 33.3 Å². The summed E-state index contributed by atoms with van der Waals surface area (Å²) >= 11 is 5.31. The standard InChI is InChI=1S/C17H20N2OS/c1-13-7-6-8-15(11-13)19-17(21)18-14(2)12-20-16-9-4-3-5-10-16/h3-11,14H,12H2,1-2H3,(H2,18,19,21)/t14-/m1/s1. The van der Waals surface area contributed by atoms with Gasteiger partial charge in [-0.3, -0.25) is 0 Å². The fourth-order valence-electron chi connectivity index (χ4n) is 1.89. The molecule has 0 amide bonds. The van der Waals surface area contributed by atoms with E-state index in [1.807, 2.05) is 49.4 Å². The largest absolute Gasteiger partial charge is 0.491 e. The number of nitrogens with one attached hydrogen (secondary N) is 2. The highest BCUT2D eigenvalue weighted by Crippen LogP contribution is 2.10. The molecule has 0 aliphatic carbocycles. The van der Waals surface area contributed by atoms with Crippen molar-refractivity contribution in [3.05, 3.63) is 60.2 Å². The van der Waals surface area contributed by atoms with Crippen LogP contribution in [0.1, 0.15) is 12.5 Å². The van der Waals surface area contributed by atoms with Gasteiger partial charge in [0.15, 0.2) is 5.11 Å². The smallest absolute Gasteiger partial charge is 0.171 e. The SMILES string of the molecule is Cc1cccc(NC(=S)N[C@H](C)COc2ccccc2)c1. The van der Waals surface area contributed by atoms with Crippen molar-refractivity contribution in [3.63, 3.8) is 0 Å². The lowest BCUT2D eigenvalue weighted by atomic mass is 10.2. The number of anilines is 1. The van der Waals surface area contributed by atoms with Crippen molar-refractivity contribution in [2.24, 2.45) is 0 Å². The third kappa shape index (κ3) is 5.44. The highest BCUT2D eigenvalue weighted by molar-refractivity contribution is 7.80. The zero-order chi connectivity index (χ0) is 15.1. The number of para-hydroxylation sites is 1. The van der Waals surface area contributed by atoms with Gasteiger partial charge >= 0.3 is 0 Å². The zero-order valence-corrected chi connectivity index (χ0v) is 13.1. The van der Waals surface area contributed by atoms with E-state index in [1.54, 1.807) is 0 Å². The second-order valence-electron chi connectivity index (χ2n) is 4.99. The Balaban J connectivity index is 1.77. The Hall–Kier alpha value is -2.07. The molecule has 1 atom stereocenters. The first-order valence-electron chi connectivity index (χ1n) is 6.95. The van der Waals surface area contributed by atoms with Crippen LogP contribution in [0.25, 0.3) is 0 Å². The van der Waals surface area contributed by atoms with Crippen LogP contribution in [0, 0.1) is 6.92 Å². The van der Waals surface area contributed by atoms with Crippen LogP contribution in [-0.2, 0) is 0 Å². The van der Waals surface area contributed by atoms with Gasteiger partial charge in [-0.25, -0.2) is 0 Å². The van der Waals surface area contributed by atoms with E-state index in [4.69, 9.17) is 17.0 Å². The molecule has 0 unspecified atom stereocenters. The first kappa shape index (κ1) is 15.3. The average Bonchev–Trinajstić information content (AvgIpc) is 2.46. The van der Waals surface area contributed by atoms with Crippen molar-refractivity contribution in [1.29, 1.82) is 0 Å². The minimum Gasteiger partial charge on any atom is -0.491 e. The van der Waals surface area contributed by atoms with E-state index in [1.165, 1.54) is 5.56 Å². The van der Waals surface area contributed by atoms with Crippen LogP contribution in [0.15, 0.2) is 54.6 Å². The van der Waals surface area contributed by atoms with Gasteiger partial charge in [-0.1, -0.05) is 30.3 Å². The third-order valence-electron chi connectivity index (χ3n) is 2.90. The maximum absolute atomic E-state index is 5.69. The normalized spacial score (nSPS) is 11.5.